The van der Waals surface area contributed by atoms with Crippen LogP contribution in [0.1, 0.15) is 5.56 Å². The Hall–Kier alpha value is -3.25. The lowest BCUT2D eigenvalue weighted by molar-refractivity contribution is -0.0499. The fraction of sp³-hybridized carbons (Fsp3) is 0.0556. The molecular formula is C18H9F3N2O3S. The largest absolute Gasteiger partial charge is 0.534 e. The molecule has 0 fully saturated rings. The predicted octanol–water partition coefficient (Wildman–Crippen LogP) is 4.57. The van der Waals surface area contributed by atoms with Crippen molar-refractivity contribution in [1.29, 1.82) is 5.26 Å². The van der Waals surface area contributed by atoms with Gasteiger partial charge in [-0.3, -0.25) is 0 Å². The molecule has 5 nitrogen and oxygen atoms in total. The number of halogens is 3. The highest BCUT2D eigenvalue weighted by Gasteiger charge is 2.49. The monoisotopic (exact) mass is 390 g/mol. The Morgan fingerprint density at radius 3 is 2.19 bits per heavy atom. The zero-order valence-electron chi connectivity index (χ0n) is 13.3. The normalized spacial score (nSPS) is 12.5. The number of benzene rings is 3. The molecule has 1 N–H and O–H groups in total. The number of H-pyrrole nitrogens is 1. The molecule has 1 heterocycles. The summed E-state index contributed by atoms with van der Waals surface area (Å²) in [6.07, 6.45) is 0. The van der Waals surface area contributed by atoms with Crippen molar-refractivity contribution >= 4 is 42.7 Å². The fourth-order valence-electron chi connectivity index (χ4n) is 3.10. The second-order valence-corrected chi connectivity index (χ2v) is 7.30. The molecule has 4 aromatic rings. The van der Waals surface area contributed by atoms with Gasteiger partial charge in [0.25, 0.3) is 0 Å². The molecule has 0 radical (unpaired) electrons. The summed E-state index contributed by atoms with van der Waals surface area (Å²) >= 11 is 0. The maximum atomic E-state index is 12.9. The summed E-state index contributed by atoms with van der Waals surface area (Å²) in [4.78, 5) is 3.07. The molecule has 0 aliphatic carbocycles. The summed E-state index contributed by atoms with van der Waals surface area (Å²) in [5, 5.41) is 11.0. The first kappa shape index (κ1) is 17.2. The van der Waals surface area contributed by atoms with Crippen LogP contribution in [0.5, 0.6) is 5.75 Å². The maximum Gasteiger partial charge on any atom is 0.534 e. The number of hydrogen-bond donors (Lipinski definition) is 1. The second kappa shape index (κ2) is 5.62. The van der Waals surface area contributed by atoms with Crippen molar-refractivity contribution in [2.45, 2.75) is 5.51 Å². The molecule has 0 bridgehead atoms. The molecule has 1 aromatic heterocycles. The van der Waals surface area contributed by atoms with E-state index in [1.54, 1.807) is 48.5 Å². The van der Waals surface area contributed by atoms with Gasteiger partial charge in [-0.15, -0.1) is 0 Å². The van der Waals surface area contributed by atoms with E-state index < -0.39 is 21.4 Å². The Morgan fingerprint density at radius 1 is 0.963 bits per heavy atom. The Bertz CT molecular complexity index is 1370. The number of hydrogen-bond acceptors (Lipinski definition) is 4. The predicted molar refractivity (Wildman–Crippen MR) is 93.6 cm³/mol. The molecule has 0 unspecified atom stereocenters. The van der Waals surface area contributed by atoms with E-state index in [-0.39, 0.29) is 16.3 Å². The lowest BCUT2D eigenvalue weighted by Gasteiger charge is -2.14. The first-order chi connectivity index (χ1) is 12.7. The van der Waals surface area contributed by atoms with Gasteiger partial charge in [-0.2, -0.15) is 26.9 Å². The van der Waals surface area contributed by atoms with Gasteiger partial charge in [-0.1, -0.05) is 42.5 Å². The molecule has 3 aromatic carbocycles. The quantitative estimate of drug-likeness (QED) is 0.401. The van der Waals surface area contributed by atoms with Crippen LogP contribution in [0.2, 0.25) is 0 Å². The maximum absolute atomic E-state index is 12.9. The van der Waals surface area contributed by atoms with Gasteiger partial charge in [0.2, 0.25) is 0 Å². The standard InChI is InChI=1S/C18H9F3N2O3S/c19-18(20,21)27(24,25)26-17-13(9-22)10-5-1-2-6-11(10)16-15(17)12-7-3-4-8-14(12)23-16/h1-8,23H. The van der Waals surface area contributed by atoms with E-state index >= 15 is 0 Å². The molecule has 136 valence electrons. The van der Waals surface area contributed by atoms with Crippen LogP contribution in [0.3, 0.4) is 0 Å². The molecule has 0 atom stereocenters. The topological polar surface area (TPSA) is 82.9 Å². The van der Waals surface area contributed by atoms with E-state index in [0.29, 0.717) is 21.8 Å². The third kappa shape index (κ3) is 2.49. The number of aromatic nitrogens is 1. The average molecular weight is 390 g/mol. The van der Waals surface area contributed by atoms with Gasteiger partial charge in [0, 0.05) is 21.7 Å². The number of nitrogens with one attached hydrogen (secondary N) is 1. The van der Waals surface area contributed by atoms with Crippen LogP contribution in [-0.4, -0.2) is 18.9 Å². The molecular weight excluding hydrogens is 381 g/mol. The molecule has 9 heteroatoms. The minimum absolute atomic E-state index is 0.105. The smallest absolute Gasteiger partial charge is 0.374 e. The second-order valence-electron chi connectivity index (χ2n) is 5.77. The van der Waals surface area contributed by atoms with Crippen molar-refractivity contribution in [2.24, 2.45) is 0 Å². The van der Waals surface area contributed by atoms with Crippen molar-refractivity contribution < 1.29 is 25.8 Å². The number of alkyl halides is 3. The van der Waals surface area contributed by atoms with Gasteiger partial charge in [-0.05, 0) is 6.07 Å². The van der Waals surface area contributed by atoms with E-state index in [9.17, 15) is 26.9 Å². The average Bonchev–Trinajstić information content (AvgIpc) is 3.00. The summed E-state index contributed by atoms with van der Waals surface area (Å²) in [6, 6.07) is 15.0. The SMILES string of the molecule is N#Cc1c(OS(=O)(=O)C(F)(F)F)c2c3ccccc3[nH]c2c2ccccc12. The van der Waals surface area contributed by atoms with Gasteiger partial charge in [0.05, 0.1) is 10.9 Å². The lowest BCUT2D eigenvalue weighted by atomic mass is 9.99. The highest BCUT2D eigenvalue weighted by atomic mass is 32.2. The fourth-order valence-corrected chi connectivity index (χ4v) is 3.58. The van der Waals surface area contributed by atoms with Gasteiger partial charge in [0.1, 0.15) is 11.6 Å². The molecule has 0 aliphatic heterocycles. The lowest BCUT2D eigenvalue weighted by Crippen LogP contribution is -2.28. The molecule has 0 aliphatic rings. The van der Waals surface area contributed by atoms with Gasteiger partial charge in [0.15, 0.2) is 5.75 Å². The van der Waals surface area contributed by atoms with Crippen molar-refractivity contribution in [3.8, 4) is 11.8 Å². The van der Waals surface area contributed by atoms with E-state index in [1.165, 1.54) is 6.07 Å². The zero-order valence-corrected chi connectivity index (χ0v) is 14.1. The van der Waals surface area contributed by atoms with Crippen LogP contribution in [0.25, 0.3) is 32.6 Å². The molecule has 0 spiro atoms. The van der Waals surface area contributed by atoms with Gasteiger partial charge >= 0.3 is 15.6 Å². The summed E-state index contributed by atoms with van der Waals surface area (Å²) in [7, 11) is -5.96. The Morgan fingerprint density at radius 2 is 1.56 bits per heavy atom. The van der Waals surface area contributed by atoms with Crippen LogP contribution in [-0.2, 0) is 10.1 Å². The van der Waals surface area contributed by atoms with E-state index in [1.807, 2.05) is 0 Å². The van der Waals surface area contributed by atoms with Crippen LogP contribution < -0.4 is 4.18 Å². The zero-order chi connectivity index (χ0) is 19.4. The number of fused-ring (bicyclic) bond motifs is 5. The molecule has 4 rings (SSSR count). The Labute approximate surface area is 150 Å². The van der Waals surface area contributed by atoms with Crippen molar-refractivity contribution in [2.75, 3.05) is 0 Å². The van der Waals surface area contributed by atoms with Crippen molar-refractivity contribution in [3.05, 3.63) is 54.1 Å². The first-order valence-corrected chi connectivity index (χ1v) is 9.01. The van der Waals surface area contributed by atoms with Crippen molar-refractivity contribution in [3.63, 3.8) is 0 Å². The minimum Gasteiger partial charge on any atom is -0.374 e. The summed E-state index contributed by atoms with van der Waals surface area (Å²) in [6.45, 7) is 0. The molecule has 0 saturated heterocycles. The van der Waals surface area contributed by atoms with Gasteiger partial charge < -0.3 is 9.17 Å². The van der Waals surface area contributed by atoms with E-state index in [4.69, 9.17) is 0 Å². The molecule has 0 amide bonds. The van der Waals surface area contributed by atoms with Crippen molar-refractivity contribution in [1.82, 2.24) is 4.98 Å². The number of para-hydroxylation sites is 1. The number of nitriles is 1. The van der Waals surface area contributed by atoms with Crippen LogP contribution in [0, 0.1) is 11.3 Å². The van der Waals surface area contributed by atoms with Crippen LogP contribution >= 0.6 is 0 Å². The number of nitrogens with zero attached hydrogens (tertiary/aromatic N) is 1. The summed E-state index contributed by atoms with van der Waals surface area (Å²) in [5.41, 5.74) is -4.94. The summed E-state index contributed by atoms with van der Waals surface area (Å²) in [5.74, 6) is -0.638. The minimum atomic E-state index is -5.96. The summed E-state index contributed by atoms with van der Waals surface area (Å²) < 4.78 is 66.5. The molecule has 0 saturated carbocycles. The van der Waals surface area contributed by atoms with Crippen LogP contribution in [0.4, 0.5) is 13.2 Å². The van der Waals surface area contributed by atoms with E-state index in [0.717, 1.165) is 0 Å². The van der Waals surface area contributed by atoms with E-state index in [2.05, 4.69) is 9.17 Å². The third-order valence-electron chi connectivity index (χ3n) is 4.21. The first-order valence-electron chi connectivity index (χ1n) is 7.60. The number of aromatic amines is 1. The molecule has 27 heavy (non-hydrogen) atoms. The Balaban J connectivity index is 2.23. The highest BCUT2D eigenvalue weighted by molar-refractivity contribution is 7.88. The highest BCUT2D eigenvalue weighted by Crippen LogP contribution is 2.43. The van der Waals surface area contributed by atoms with Crippen LogP contribution in [0.15, 0.2) is 48.5 Å². The van der Waals surface area contributed by atoms with Gasteiger partial charge in [-0.25, -0.2) is 0 Å². The Kier molecular flexibility index (Phi) is 3.58. The third-order valence-corrected chi connectivity index (χ3v) is 5.17. The number of rotatable bonds is 2.